The summed E-state index contributed by atoms with van der Waals surface area (Å²) in [6.07, 6.45) is 1.84. The molecule has 6 rings (SSSR count). The Balaban J connectivity index is 1.27. The summed E-state index contributed by atoms with van der Waals surface area (Å²) in [5, 5.41) is -0.503. The van der Waals surface area contributed by atoms with E-state index in [9.17, 15) is 18.0 Å². The fourth-order valence-corrected chi connectivity index (χ4v) is 6.42. The molecular formula is C26H24N4O4S. The molecule has 1 aromatic heterocycles. The van der Waals surface area contributed by atoms with E-state index >= 15 is 0 Å². The first-order valence-corrected chi connectivity index (χ1v) is 13.1. The lowest BCUT2D eigenvalue weighted by Crippen LogP contribution is -2.34. The van der Waals surface area contributed by atoms with Crippen molar-refractivity contribution in [1.82, 2.24) is 9.71 Å². The molecule has 0 radical (unpaired) electrons. The number of nitrogen functional groups attached to an aromatic ring is 1. The van der Waals surface area contributed by atoms with Gasteiger partial charge in [0.2, 0.25) is 15.9 Å². The van der Waals surface area contributed by atoms with E-state index in [2.05, 4.69) is 9.71 Å². The Morgan fingerprint density at radius 3 is 2.54 bits per heavy atom. The van der Waals surface area contributed by atoms with Crippen molar-refractivity contribution in [1.29, 1.82) is 0 Å². The van der Waals surface area contributed by atoms with E-state index in [1.165, 1.54) is 6.07 Å². The zero-order valence-electron chi connectivity index (χ0n) is 18.8. The number of aromatic nitrogens is 1. The van der Waals surface area contributed by atoms with Crippen LogP contribution in [0.2, 0.25) is 0 Å². The highest BCUT2D eigenvalue weighted by atomic mass is 32.2. The number of carbonyl (C=O) groups is 2. The van der Waals surface area contributed by atoms with Gasteiger partial charge in [-0.1, -0.05) is 36.4 Å². The largest absolute Gasteiger partial charge is 0.399 e. The molecule has 2 amide bonds. The van der Waals surface area contributed by atoms with Gasteiger partial charge in [-0.05, 0) is 60.7 Å². The molecule has 3 aliphatic rings. The first-order chi connectivity index (χ1) is 16.8. The molecule has 1 spiro atoms. The molecule has 2 saturated carbocycles. The lowest BCUT2D eigenvalue weighted by atomic mass is 9.92. The van der Waals surface area contributed by atoms with Crippen molar-refractivity contribution in [2.45, 2.75) is 42.4 Å². The smallest absolute Gasteiger partial charge is 0.283 e. The van der Waals surface area contributed by atoms with Gasteiger partial charge in [0.05, 0.1) is 22.9 Å². The van der Waals surface area contributed by atoms with Gasteiger partial charge in [-0.2, -0.15) is 0 Å². The number of hydrogen-bond acceptors (Lipinski definition) is 6. The average Bonchev–Trinajstić information content (AvgIpc) is 3.76. The number of nitrogens with zero attached hydrogens (tertiary/aromatic N) is 2. The van der Waals surface area contributed by atoms with E-state index in [1.807, 2.05) is 48.5 Å². The highest BCUT2D eigenvalue weighted by molar-refractivity contribution is 7.91. The normalized spacial score (nSPS) is 22.8. The highest BCUT2D eigenvalue weighted by Crippen LogP contribution is 2.66. The minimum atomic E-state index is -3.67. The third kappa shape index (κ3) is 3.58. The lowest BCUT2D eigenvalue weighted by molar-refractivity contribution is -0.120. The summed E-state index contributed by atoms with van der Waals surface area (Å²) in [5.74, 6) is -0.679. The quantitative estimate of drug-likeness (QED) is 0.515. The fourth-order valence-electron chi connectivity index (χ4n) is 5.14. The molecule has 2 aliphatic carbocycles. The molecule has 2 fully saturated rings. The maximum atomic E-state index is 13.8. The molecule has 2 heterocycles. The average molecular weight is 489 g/mol. The molecule has 178 valence electrons. The van der Waals surface area contributed by atoms with Gasteiger partial charge in [-0.25, -0.2) is 18.1 Å². The van der Waals surface area contributed by atoms with Crippen molar-refractivity contribution in [3.63, 3.8) is 0 Å². The maximum Gasteiger partial charge on any atom is 0.283 e. The Kier molecular flexibility index (Phi) is 4.76. The Morgan fingerprint density at radius 1 is 1.06 bits per heavy atom. The van der Waals surface area contributed by atoms with Gasteiger partial charge >= 0.3 is 0 Å². The molecule has 1 aliphatic heterocycles. The first kappa shape index (κ1) is 21.8. The topological polar surface area (TPSA) is 122 Å². The van der Waals surface area contributed by atoms with Crippen LogP contribution in [0.5, 0.6) is 0 Å². The molecule has 2 atom stereocenters. The van der Waals surface area contributed by atoms with Crippen molar-refractivity contribution in [3.05, 3.63) is 89.2 Å². The van der Waals surface area contributed by atoms with Gasteiger partial charge in [0, 0.05) is 17.3 Å². The zero-order valence-corrected chi connectivity index (χ0v) is 19.7. The Bertz CT molecular complexity index is 1470. The Labute approximate surface area is 203 Å². The summed E-state index contributed by atoms with van der Waals surface area (Å²) >= 11 is 0. The number of amides is 2. The summed E-state index contributed by atoms with van der Waals surface area (Å²) < 4.78 is 26.4. The second-order valence-electron chi connectivity index (χ2n) is 9.49. The number of benzene rings is 2. The summed E-state index contributed by atoms with van der Waals surface area (Å²) in [5.41, 5.74) is 9.34. The summed E-state index contributed by atoms with van der Waals surface area (Å²) in [7, 11) is -3.67. The number of carbonyl (C=O) groups excluding carboxylic acids is 2. The van der Waals surface area contributed by atoms with Crippen molar-refractivity contribution in [3.8, 4) is 0 Å². The van der Waals surface area contributed by atoms with Crippen LogP contribution in [0.15, 0.2) is 66.7 Å². The van der Waals surface area contributed by atoms with Crippen LogP contribution in [0.1, 0.15) is 52.5 Å². The van der Waals surface area contributed by atoms with Crippen LogP contribution in [0.25, 0.3) is 0 Å². The molecule has 2 aromatic carbocycles. The molecule has 0 saturated heterocycles. The van der Waals surface area contributed by atoms with E-state index in [4.69, 9.17) is 5.73 Å². The van der Waals surface area contributed by atoms with E-state index in [0.717, 1.165) is 23.2 Å². The van der Waals surface area contributed by atoms with Crippen LogP contribution in [0.4, 0.5) is 11.4 Å². The molecule has 0 bridgehead atoms. The predicted octanol–water partition coefficient (Wildman–Crippen LogP) is 2.86. The van der Waals surface area contributed by atoms with Crippen molar-refractivity contribution in [2.75, 3.05) is 10.6 Å². The van der Waals surface area contributed by atoms with Crippen molar-refractivity contribution < 1.29 is 18.0 Å². The maximum absolute atomic E-state index is 13.8. The minimum Gasteiger partial charge on any atom is -0.399 e. The van der Waals surface area contributed by atoms with Crippen LogP contribution < -0.4 is 15.4 Å². The van der Waals surface area contributed by atoms with Crippen LogP contribution in [0, 0.1) is 0 Å². The number of fused-ring (bicyclic) bond motifs is 2. The van der Waals surface area contributed by atoms with Crippen molar-refractivity contribution >= 4 is 33.2 Å². The van der Waals surface area contributed by atoms with Crippen molar-refractivity contribution in [2.24, 2.45) is 0 Å². The Morgan fingerprint density at radius 2 is 1.80 bits per heavy atom. The number of para-hydroxylation sites is 1. The number of nitrogens with one attached hydrogen (secondary N) is 1. The van der Waals surface area contributed by atoms with Gasteiger partial charge in [-0.15, -0.1) is 0 Å². The predicted molar refractivity (Wildman–Crippen MR) is 131 cm³/mol. The summed E-state index contributed by atoms with van der Waals surface area (Å²) in [4.78, 5) is 32.4. The third-order valence-electron chi connectivity index (χ3n) is 7.16. The number of hydrogen-bond donors (Lipinski definition) is 2. The SMILES string of the molecule is Nc1ccc([C@@H]2C[C@@]23C(=O)N(Cc2cccc(C(=O)NS(=O)(=O)C4CC4)n2)c2ccccc23)cc1. The number of anilines is 2. The van der Waals surface area contributed by atoms with Crippen LogP contribution in [-0.2, 0) is 26.8 Å². The van der Waals surface area contributed by atoms with Gasteiger partial charge in [0.25, 0.3) is 5.91 Å². The summed E-state index contributed by atoms with van der Waals surface area (Å²) in [6, 6.07) is 20.3. The molecule has 35 heavy (non-hydrogen) atoms. The van der Waals surface area contributed by atoms with E-state index in [0.29, 0.717) is 24.2 Å². The zero-order chi connectivity index (χ0) is 24.4. The number of sulfonamides is 1. The molecule has 3 N–H and O–H groups in total. The first-order valence-electron chi connectivity index (χ1n) is 11.6. The molecule has 8 nitrogen and oxygen atoms in total. The monoisotopic (exact) mass is 488 g/mol. The number of rotatable bonds is 6. The molecule has 3 aromatic rings. The number of pyridine rings is 1. The van der Waals surface area contributed by atoms with Gasteiger partial charge in [0.15, 0.2) is 0 Å². The molecule has 0 unspecified atom stereocenters. The standard InChI is InChI=1S/C26H24N4O4S/c27-17-10-8-16(9-11-17)21-14-26(21)20-5-1-2-7-23(20)30(25(26)32)15-18-4-3-6-22(28-18)24(31)29-35(33,34)19-12-13-19/h1-11,19,21H,12-15,27H2,(H,29,31)/t21-,26-/m0/s1. The van der Waals surface area contributed by atoms with Gasteiger partial charge < -0.3 is 10.6 Å². The van der Waals surface area contributed by atoms with Crippen LogP contribution in [0.3, 0.4) is 0 Å². The minimum absolute atomic E-state index is 0.00698. The third-order valence-corrected chi connectivity index (χ3v) is 8.98. The summed E-state index contributed by atoms with van der Waals surface area (Å²) in [6.45, 7) is 0.183. The lowest BCUT2D eigenvalue weighted by Gasteiger charge is -2.18. The van der Waals surface area contributed by atoms with E-state index in [1.54, 1.807) is 17.0 Å². The second kappa shape index (κ2) is 7.64. The van der Waals surface area contributed by atoms with Gasteiger partial charge in [0.1, 0.15) is 5.69 Å². The van der Waals surface area contributed by atoms with Crippen LogP contribution in [-0.4, -0.2) is 30.5 Å². The highest BCUT2D eigenvalue weighted by Gasteiger charge is 2.67. The van der Waals surface area contributed by atoms with E-state index < -0.39 is 26.6 Å². The van der Waals surface area contributed by atoms with E-state index in [-0.39, 0.29) is 24.1 Å². The molecule has 9 heteroatoms. The van der Waals surface area contributed by atoms with Crippen LogP contribution >= 0.6 is 0 Å². The second-order valence-corrected chi connectivity index (χ2v) is 11.5. The number of nitrogens with two attached hydrogens (primary N) is 1. The molecular weight excluding hydrogens is 464 g/mol. The van der Waals surface area contributed by atoms with Gasteiger partial charge in [-0.3, -0.25) is 9.59 Å². The Hall–Kier alpha value is -3.72. The fraction of sp³-hybridized carbons (Fsp3) is 0.269.